The largest absolute Gasteiger partial charge is 0.375 e. The number of carbonyl (C=O) groups is 1. The van der Waals surface area contributed by atoms with Crippen LogP contribution in [0.25, 0.3) is 0 Å². The van der Waals surface area contributed by atoms with Gasteiger partial charge in [0.2, 0.25) is 15.9 Å². The Balaban J connectivity index is 1.57. The normalized spacial score (nSPS) is 24.6. The second-order valence-electron chi connectivity index (χ2n) is 8.46. The van der Waals surface area contributed by atoms with Crippen molar-refractivity contribution in [2.75, 3.05) is 19.8 Å². The summed E-state index contributed by atoms with van der Waals surface area (Å²) in [6, 6.07) is 13.5. The fourth-order valence-electron chi connectivity index (χ4n) is 4.31. The van der Waals surface area contributed by atoms with Crippen LogP contribution < -0.4 is 5.73 Å². The summed E-state index contributed by atoms with van der Waals surface area (Å²) in [5.41, 5.74) is 5.81. The van der Waals surface area contributed by atoms with Crippen molar-refractivity contribution in [1.29, 1.82) is 0 Å². The quantitative estimate of drug-likeness (QED) is 0.682. The summed E-state index contributed by atoms with van der Waals surface area (Å²) in [6.45, 7) is 1.88. The van der Waals surface area contributed by atoms with Crippen LogP contribution in [-0.4, -0.2) is 44.5 Å². The molecule has 2 fully saturated rings. The minimum absolute atomic E-state index is 0.0510. The molecule has 7 nitrogen and oxygen atoms in total. The van der Waals surface area contributed by atoms with Gasteiger partial charge in [-0.1, -0.05) is 42.5 Å². The zero-order valence-corrected chi connectivity index (χ0v) is 18.7. The molecule has 9 heteroatoms. The first-order valence-electron chi connectivity index (χ1n) is 10.6. The third kappa shape index (κ3) is 4.30. The Bertz CT molecular complexity index is 1090. The minimum atomic E-state index is -3.66. The van der Waals surface area contributed by atoms with Gasteiger partial charge in [0.25, 0.3) is 0 Å². The van der Waals surface area contributed by atoms with Crippen LogP contribution in [0.5, 0.6) is 0 Å². The number of nitrogens with zero attached hydrogens (tertiary/aromatic N) is 1. The Morgan fingerprint density at radius 1 is 1.22 bits per heavy atom. The third-order valence-electron chi connectivity index (χ3n) is 6.26. The van der Waals surface area contributed by atoms with Crippen LogP contribution in [0.2, 0.25) is 0 Å². The maximum atomic E-state index is 15.1. The van der Waals surface area contributed by atoms with E-state index in [1.165, 1.54) is 10.4 Å². The Hall–Kier alpha value is -2.33. The second kappa shape index (κ2) is 8.90. The highest BCUT2D eigenvalue weighted by Crippen LogP contribution is 2.39. The lowest BCUT2D eigenvalue weighted by Crippen LogP contribution is -2.50. The first-order chi connectivity index (χ1) is 15.2. The lowest BCUT2D eigenvalue weighted by atomic mass is 9.90. The molecule has 2 N–H and O–H groups in total. The van der Waals surface area contributed by atoms with Crippen LogP contribution in [0, 0.1) is 5.82 Å². The first-order valence-corrected chi connectivity index (χ1v) is 12.1. The topological polar surface area (TPSA) is 98.9 Å². The highest BCUT2D eigenvalue weighted by molar-refractivity contribution is 7.89. The number of hydrogen-bond donors (Lipinski definition) is 1. The molecule has 32 heavy (non-hydrogen) atoms. The molecule has 2 saturated heterocycles. The maximum Gasteiger partial charge on any atom is 0.243 e. The van der Waals surface area contributed by atoms with E-state index < -0.39 is 32.6 Å². The molecule has 0 saturated carbocycles. The third-order valence-corrected chi connectivity index (χ3v) is 8.63. The van der Waals surface area contributed by atoms with Crippen molar-refractivity contribution in [2.24, 2.45) is 5.73 Å². The predicted molar refractivity (Wildman–Crippen MR) is 116 cm³/mol. The Labute approximate surface area is 187 Å². The molecule has 1 amide bonds. The van der Waals surface area contributed by atoms with E-state index in [-0.39, 0.29) is 38.0 Å². The summed E-state index contributed by atoms with van der Waals surface area (Å²) in [7, 11) is -3.66. The number of ether oxygens (including phenoxy) is 2. The number of rotatable bonds is 7. The lowest BCUT2D eigenvalue weighted by Gasteiger charge is -2.41. The Morgan fingerprint density at radius 2 is 1.94 bits per heavy atom. The predicted octanol–water partition coefficient (Wildman–Crippen LogP) is 2.61. The molecule has 0 aromatic heterocycles. The standard InChI is InChI=1S/C23H27FN2O5S/c1-16-7-10-21(17-5-3-2-4-6-17)32(28,29)26(16)12-18-8-9-19(11-20(18)24)23(14-30-15-23)31-13-22(25)27/h2-6,8-9,11,16,21H,7,10,12-15H2,1H3,(H2,25,27)/t16-,21+/m0/s1. The molecule has 0 spiro atoms. The monoisotopic (exact) mass is 462 g/mol. The summed E-state index contributed by atoms with van der Waals surface area (Å²) in [4.78, 5) is 11.1. The van der Waals surface area contributed by atoms with Gasteiger partial charge in [-0.3, -0.25) is 4.79 Å². The van der Waals surface area contributed by atoms with E-state index in [0.29, 0.717) is 18.4 Å². The van der Waals surface area contributed by atoms with Crippen molar-refractivity contribution >= 4 is 15.9 Å². The molecule has 0 unspecified atom stereocenters. The van der Waals surface area contributed by atoms with Crippen molar-refractivity contribution in [2.45, 2.75) is 43.2 Å². The molecule has 2 aliphatic rings. The van der Waals surface area contributed by atoms with Gasteiger partial charge in [0.05, 0.1) is 13.2 Å². The first kappa shape index (κ1) is 22.8. The zero-order valence-electron chi connectivity index (χ0n) is 17.9. The van der Waals surface area contributed by atoms with E-state index in [1.807, 2.05) is 37.3 Å². The molecule has 172 valence electrons. The van der Waals surface area contributed by atoms with Crippen molar-refractivity contribution in [3.63, 3.8) is 0 Å². The van der Waals surface area contributed by atoms with Gasteiger partial charge >= 0.3 is 0 Å². The van der Waals surface area contributed by atoms with E-state index >= 15 is 4.39 Å². The van der Waals surface area contributed by atoms with Crippen molar-refractivity contribution in [3.8, 4) is 0 Å². The van der Waals surface area contributed by atoms with Crippen LogP contribution in [0.3, 0.4) is 0 Å². The number of primary amides is 1. The van der Waals surface area contributed by atoms with Crippen LogP contribution in [0.1, 0.15) is 41.7 Å². The van der Waals surface area contributed by atoms with Crippen molar-refractivity contribution in [1.82, 2.24) is 4.31 Å². The van der Waals surface area contributed by atoms with Gasteiger partial charge < -0.3 is 15.2 Å². The van der Waals surface area contributed by atoms with Crippen LogP contribution in [-0.2, 0) is 36.4 Å². The van der Waals surface area contributed by atoms with E-state index in [4.69, 9.17) is 15.2 Å². The average Bonchev–Trinajstić information content (AvgIpc) is 2.72. The minimum Gasteiger partial charge on any atom is -0.375 e. The van der Waals surface area contributed by atoms with Crippen molar-refractivity contribution in [3.05, 3.63) is 71.0 Å². The van der Waals surface area contributed by atoms with Crippen LogP contribution >= 0.6 is 0 Å². The summed E-state index contributed by atoms with van der Waals surface area (Å²) in [6.07, 6.45) is 1.23. The molecule has 0 aliphatic carbocycles. The maximum absolute atomic E-state index is 15.1. The Kier molecular flexibility index (Phi) is 6.35. The van der Waals surface area contributed by atoms with Crippen LogP contribution in [0.4, 0.5) is 4.39 Å². The molecule has 2 aromatic carbocycles. The van der Waals surface area contributed by atoms with Gasteiger partial charge in [-0.25, -0.2) is 12.8 Å². The fraction of sp³-hybridized carbons (Fsp3) is 0.435. The van der Waals surface area contributed by atoms with Gasteiger partial charge in [0.15, 0.2) is 0 Å². The number of hydrogen-bond acceptors (Lipinski definition) is 5. The lowest BCUT2D eigenvalue weighted by molar-refractivity contribution is -0.215. The van der Waals surface area contributed by atoms with Crippen LogP contribution in [0.15, 0.2) is 48.5 Å². The SMILES string of the molecule is C[C@H]1CC[C@H](c2ccccc2)S(=O)(=O)N1Cc1ccc(C2(OCC(N)=O)COC2)cc1F. The van der Waals surface area contributed by atoms with E-state index in [9.17, 15) is 13.2 Å². The molecule has 0 radical (unpaired) electrons. The molecule has 4 rings (SSSR count). The van der Waals surface area contributed by atoms with E-state index in [1.54, 1.807) is 12.1 Å². The molecule has 0 bridgehead atoms. The smallest absolute Gasteiger partial charge is 0.243 e. The van der Waals surface area contributed by atoms with Gasteiger partial charge in [0.1, 0.15) is 23.3 Å². The summed E-state index contributed by atoms with van der Waals surface area (Å²) < 4.78 is 54.1. The number of halogens is 1. The van der Waals surface area contributed by atoms with Gasteiger partial charge in [0, 0.05) is 18.2 Å². The summed E-state index contributed by atoms with van der Waals surface area (Å²) in [5.74, 6) is -1.15. The summed E-state index contributed by atoms with van der Waals surface area (Å²) >= 11 is 0. The van der Waals surface area contributed by atoms with Gasteiger partial charge in [-0.15, -0.1) is 0 Å². The van der Waals surface area contributed by atoms with E-state index in [2.05, 4.69) is 0 Å². The molecule has 2 heterocycles. The molecule has 2 aromatic rings. The highest BCUT2D eigenvalue weighted by atomic mass is 32.2. The highest BCUT2D eigenvalue weighted by Gasteiger charge is 2.43. The number of amides is 1. The number of benzene rings is 2. The van der Waals surface area contributed by atoms with Crippen molar-refractivity contribution < 1.29 is 27.1 Å². The van der Waals surface area contributed by atoms with Gasteiger partial charge in [-0.05, 0) is 37.0 Å². The summed E-state index contributed by atoms with van der Waals surface area (Å²) in [5, 5.41) is -0.639. The van der Waals surface area contributed by atoms with Gasteiger partial charge in [-0.2, -0.15) is 4.31 Å². The molecular weight excluding hydrogens is 435 g/mol. The molecular formula is C23H27FN2O5S. The average molecular weight is 463 g/mol. The second-order valence-corrected chi connectivity index (χ2v) is 10.5. The van der Waals surface area contributed by atoms with E-state index in [0.717, 1.165) is 5.56 Å². The molecule has 2 aliphatic heterocycles. The fourth-order valence-corrected chi connectivity index (χ4v) is 6.50. The number of carbonyl (C=O) groups excluding carboxylic acids is 1. The zero-order chi connectivity index (χ0) is 22.9. The molecule has 2 atom stereocenters. The number of sulfonamides is 1. The number of nitrogens with two attached hydrogens (primary N) is 1. The Morgan fingerprint density at radius 3 is 2.53 bits per heavy atom.